The van der Waals surface area contributed by atoms with Crippen LogP contribution < -0.4 is 10.2 Å². The predicted molar refractivity (Wildman–Crippen MR) is 137 cm³/mol. The molecule has 0 bridgehead atoms. The van der Waals surface area contributed by atoms with Crippen LogP contribution in [0.3, 0.4) is 0 Å². The maximum Gasteiger partial charge on any atom is 0.0654 e. The van der Waals surface area contributed by atoms with Crippen LogP contribution >= 0.6 is 34.8 Å². The molecular weight excluding hydrogens is 459 g/mol. The smallest absolute Gasteiger partial charge is 0.0654 e. The summed E-state index contributed by atoms with van der Waals surface area (Å²) in [6.45, 7) is 0.936. The first-order valence-corrected chi connectivity index (χ1v) is 12.5. The van der Waals surface area contributed by atoms with Crippen LogP contribution in [0.1, 0.15) is 43.7 Å². The Balaban J connectivity index is 1.35. The number of allylic oxidation sites excluding steroid dienone is 4. The second-order valence-corrected chi connectivity index (χ2v) is 10.2. The highest BCUT2D eigenvalue weighted by molar-refractivity contribution is 6.36. The van der Waals surface area contributed by atoms with Crippen molar-refractivity contribution in [1.82, 2.24) is 5.32 Å². The summed E-state index contributed by atoms with van der Waals surface area (Å²) in [7, 11) is 0. The predicted octanol–water partition coefficient (Wildman–Crippen LogP) is 7.92. The van der Waals surface area contributed by atoms with Gasteiger partial charge in [-0.2, -0.15) is 0 Å². The van der Waals surface area contributed by atoms with Gasteiger partial charge in [0.15, 0.2) is 0 Å². The molecule has 1 heterocycles. The van der Waals surface area contributed by atoms with Gasteiger partial charge in [0.25, 0.3) is 0 Å². The number of halogens is 3. The Hall–Kier alpha value is -1.71. The molecule has 1 fully saturated rings. The number of anilines is 1. The molecule has 5 rings (SSSR count). The molecule has 2 aromatic rings. The summed E-state index contributed by atoms with van der Waals surface area (Å²) in [5.74, 6) is 0. The van der Waals surface area contributed by atoms with E-state index in [1.807, 2.05) is 30.3 Å². The molecule has 5 heteroatoms. The van der Waals surface area contributed by atoms with Gasteiger partial charge in [0.2, 0.25) is 0 Å². The summed E-state index contributed by atoms with van der Waals surface area (Å²) in [6, 6.07) is 15.2. The maximum absolute atomic E-state index is 6.62. The Kier molecular flexibility index (Phi) is 6.66. The number of hydrogen-bond acceptors (Lipinski definition) is 2. The third-order valence-electron chi connectivity index (χ3n) is 6.80. The van der Waals surface area contributed by atoms with Crippen molar-refractivity contribution in [1.29, 1.82) is 0 Å². The van der Waals surface area contributed by atoms with Crippen molar-refractivity contribution in [2.24, 2.45) is 0 Å². The third kappa shape index (κ3) is 4.79. The van der Waals surface area contributed by atoms with Crippen molar-refractivity contribution >= 4 is 40.5 Å². The minimum Gasteiger partial charge on any atom is -0.363 e. The summed E-state index contributed by atoms with van der Waals surface area (Å²) in [4.78, 5) is 2.42. The van der Waals surface area contributed by atoms with Gasteiger partial charge < -0.3 is 10.2 Å². The fourth-order valence-corrected chi connectivity index (χ4v) is 5.93. The molecule has 1 saturated heterocycles. The first-order valence-electron chi connectivity index (χ1n) is 11.3. The molecule has 2 nitrogen and oxygen atoms in total. The van der Waals surface area contributed by atoms with E-state index in [0.29, 0.717) is 22.1 Å². The lowest BCUT2D eigenvalue weighted by Crippen LogP contribution is -2.47. The number of hydrogen-bond donors (Lipinski definition) is 1. The number of nitrogens with one attached hydrogen (secondary N) is 1. The molecule has 3 aliphatic rings. The average molecular weight is 486 g/mol. The van der Waals surface area contributed by atoms with E-state index >= 15 is 0 Å². The highest BCUT2D eigenvalue weighted by atomic mass is 35.5. The molecule has 0 saturated carbocycles. The Bertz CT molecular complexity index is 1050. The molecule has 2 aliphatic carbocycles. The topological polar surface area (TPSA) is 15.3 Å². The van der Waals surface area contributed by atoms with Crippen LogP contribution in [0.2, 0.25) is 15.1 Å². The van der Waals surface area contributed by atoms with Crippen molar-refractivity contribution in [2.45, 2.75) is 50.2 Å². The zero-order valence-corrected chi connectivity index (χ0v) is 20.2. The molecule has 0 amide bonds. The molecular formula is C27H27Cl3N2. The lowest BCUT2D eigenvalue weighted by atomic mass is 9.90. The first-order chi connectivity index (χ1) is 15.6. The van der Waals surface area contributed by atoms with Gasteiger partial charge >= 0.3 is 0 Å². The highest BCUT2D eigenvalue weighted by Gasteiger charge is 2.33. The summed E-state index contributed by atoms with van der Waals surface area (Å²) in [5, 5.41) is 6.11. The molecule has 0 spiro atoms. The standard InChI is InChI=1S/C27H27Cl3N2/c28-21-8-6-18(7-9-21)27-17-23(12-13-32(27)26-11-10-22(29)16-25(26)30)31-24-14-19-4-2-1-3-5-20(19)15-24/h2-11,16,23-24,27,31H,1,12-15,17H2. The van der Waals surface area contributed by atoms with Crippen molar-refractivity contribution in [3.05, 3.63) is 98.5 Å². The Morgan fingerprint density at radius 1 is 0.812 bits per heavy atom. The fourth-order valence-electron chi connectivity index (χ4n) is 5.29. The minimum atomic E-state index is 0.226. The molecule has 2 aromatic carbocycles. The number of rotatable bonds is 4. The van der Waals surface area contributed by atoms with Crippen LogP contribution in [0.25, 0.3) is 0 Å². The highest BCUT2D eigenvalue weighted by Crippen LogP contribution is 2.40. The van der Waals surface area contributed by atoms with Gasteiger partial charge in [-0.25, -0.2) is 0 Å². The van der Waals surface area contributed by atoms with Gasteiger partial charge in [0.05, 0.1) is 16.8 Å². The number of nitrogens with zero attached hydrogens (tertiary/aromatic N) is 1. The van der Waals surface area contributed by atoms with Gasteiger partial charge in [-0.1, -0.05) is 71.2 Å². The van der Waals surface area contributed by atoms with Crippen LogP contribution in [0.5, 0.6) is 0 Å². The van der Waals surface area contributed by atoms with E-state index in [1.165, 1.54) is 16.7 Å². The van der Waals surface area contributed by atoms with E-state index in [2.05, 4.69) is 46.7 Å². The van der Waals surface area contributed by atoms with Gasteiger partial charge in [0, 0.05) is 28.7 Å². The van der Waals surface area contributed by atoms with Crippen LogP contribution in [0.4, 0.5) is 5.69 Å². The van der Waals surface area contributed by atoms with E-state index in [1.54, 1.807) is 0 Å². The zero-order chi connectivity index (χ0) is 22.1. The van der Waals surface area contributed by atoms with Gasteiger partial charge in [-0.3, -0.25) is 0 Å². The van der Waals surface area contributed by atoms with Crippen molar-refractivity contribution in [3.8, 4) is 0 Å². The summed E-state index contributed by atoms with van der Waals surface area (Å²) >= 11 is 19.0. The van der Waals surface area contributed by atoms with Gasteiger partial charge in [-0.05, 0) is 79.1 Å². The van der Waals surface area contributed by atoms with E-state index in [4.69, 9.17) is 34.8 Å². The van der Waals surface area contributed by atoms with Crippen LogP contribution in [0.15, 0.2) is 77.9 Å². The van der Waals surface area contributed by atoms with E-state index in [9.17, 15) is 0 Å². The van der Waals surface area contributed by atoms with E-state index in [0.717, 1.165) is 49.4 Å². The minimum absolute atomic E-state index is 0.226. The Morgan fingerprint density at radius 2 is 1.50 bits per heavy atom. The normalized spacial score (nSPS) is 23.5. The fraction of sp³-hybridized carbons (Fsp3) is 0.333. The second kappa shape index (κ2) is 9.65. The van der Waals surface area contributed by atoms with Crippen LogP contribution in [-0.4, -0.2) is 18.6 Å². The van der Waals surface area contributed by atoms with Crippen molar-refractivity contribution in [2.75, 3.05) is 11.4 Å². The largest absolute Gasteiger partial charge is 0.363 e. The SMILES string of the molecule is Clc1ccc(C2CC(NC3CC4=C(C=CCC=C4)C3)CCN2c2ccc(Cl)cc2Cl)cc1. The molecule has 2 atom stereocenters. The number of benzene rings is 2. The summed E-state index contributed by atoms with van der Waals surface area (Å²) < 4.78 is 0. The van der Waals surface area contributed by atoms with Crippen molar-refractivity contribution < 1.29 is 0 Å². The average Bonchev–Trinajstić information content (AvgIpc) is 3.02. The van der Waals surface area contributed by atoms with Gasteiger partial charge in [-0.15, -0.1) is 0 Å². The lowest BCUT2D eigenvalue weighted by Gasteiger charge is -2.42. The van der Waals surface area contributed by atoms with Crippen molar-refractivity contribution in [3.63, 3.8) is 0 Å². The molecule has 0 aromatic heterocycles. The summed E-state index contributed by atoms with van der Waals surface area (Å²) in [6.07, 6.45) is 14.6. The van der Waals surface area contributed by atoms with E-state index in [-0.39, 0.29) is 6.04 Å². The zero-order valence-electron chi connectivity index (χ0n) is 17.9. The second-order valence-electron chi connectivity index (χ2n) is 8.94. The Morgan fingerprint density at radius 3 is 2.19 bits per heavy atom. The molecule has 1 N–H and O–H groups in total. The monoisotopic (exact) mass is 484 g/mol. The third-order valence-corrected chi connectivity index (χ3v) is 7.59. The Labute approximate surface area is 205 Å². The quantitative estimate of drug-likeness (QED) is 0.473. The van der Waals surface area contributed by atoms with Crippen LogP contribution in [0, 0.1) is 0 Å². The lowest BCUT2D eigenvalue weighted by molar-refractivity contribution is 0.330. The first kappa shape index (κ1) is 22.1. The molecule has 32 heavy (non-hydrogen) atoms. The summed E-state index contributed by atoms with van der Waals surface area (Å²) in [5.41, 5.74) is 5.30. The van der Waals surface area contributed by atoms with Gasteiger partial charge in [0.1, 0.15) is 0 Å². The molecule has 166 valence electrons. The maximum atomic E-state index is 6.62. The molecule has 0 radical (unpaired) electrons. The number of piperidine rings is 1. The van der Waals surface area contributed by atoms with Crippen LogP contribution in [-0.2, 0) is 0 Å². The van der Waals surface area contributed by atoms with E-state index < -0.39 is 0 Å². The molecule has 2 unspecified atom stereocenters. The molecule has 1 aliphatic heterocycles.